The maximum atomic E-state index is 13.1. The smallest absolute Gasteiger partial charge is 0.178 e. The summed E-state index contributed by atoms with van der Waals surface area (Å²) < 4.78 is 15.8. The minimum atomic E-state index is -0.235. The Morgan fingerprint density at radius 2 is 2.28 bits per heavy atom. The average Bonchev–Trinajstić information content (AvgIpc) is 3.11. The first-order chi connectivity index (χ1) is 8.65. The van der Waals surface area contributed by atoms with Crippen LogP contribution in [0.4, 0.5) is 4.39 Å². The quantitative estimate of drug-likeness (QED) is 0.859. The van der Waals surface area contributed by atoms with Gasteiger partial charge < -0.3 is 14.5 Å². The Balaban J connectivity index is 1.86. The normalized spacial score (nSPS) is 15.7. The fraction of sp³-hybridized carbons (Fsp3) is 0.462. The van der Waals surface area contributed by atoms with Crippen molar-refractivity contribution in [1.82, 2.24) is 14.5 Å². The molecule has 1 fully saturated rings. The lowest BCUT2D eigenvalue weighted by Crippen LogP contribution is -2.25. The summed E-state index contributed by atoms with van der Waals surface area (Å²) >= 11 is 5.30. The van der Waals surface area contributed by atoms with E-state index >= 15 is 0 Å². The average molecular weight is 265 g/mol. The molecule has 1 aromatic heterocycles. The van der Waals surface area contributed by atoms with E-state index in [1.54, 1.807) is 6.07 Å². The molecule has 0 unspecified atom stereocenters. The number of nitrogens with one attached hydrogen (secondary N) is 1. The summed E-state index contributed by atoms with van der Waals surface area (Å²) in [4.78, 5) is 5.42. The number of hydrogen-bond donors (Lipinski definition) is 1. The number of nitrogens with zero attached hydrogens (tertiary/aromatic N) is 2. The SMILES string of the molecule is CN(CCn1c(=S)[nH]c2cc(F)ccc21)C1CC1. The van der Waals surface area contributed by atoms with Crippen LogP contribution in [0.2, 0.25) is 0 Å². The summed E-state index contributed by atoms with van der Waals surface area (Å²) in [6.07, 6.45) is 2.61. The van der Waals surface area contributed by atoms with Crippen LogP contribution < -0.4 is 0 Å². The molecular weight excluding hydrogens is 249 g/mol. The number of rotatable bonds is 4. The molecule has 0 spiro atoms. The maximum Gasteiger partial charge on any atom is 0.178 e. The largest absolute Gasteiger partial charge is 0.330 e. The molecule has 0 aliphatic heterocycles. The lowest BCUT2D eigenvalue weighted by atomic mass is 10.3. The zero-order valence-corrected chi connectivity index (χ0v) is 11.1. The van der Waals surface area contributed by atoms with E-state index in [-0.39, 0.29) is 5.82 Å². The highest BCUT2D eigenvalue weighted by Gasteiger charge is 2.25. The highest BCUT2D eigenvalue weighted by Crippen LogP contribution is 2.25. The lowest BCUT2D eigenvalue weighted by Gasteiger charge is -2.16. The second kappa shape index (κ2) is 4.48. The Kier molecular flexibility index (Phi) is 2.95. The van der Waals surface area contributed by atoms with E-state index in [2.05, 4.69) is 16.9 Å². The van der Waals surface area contributed by atoms with Crippen molar-refractivity contribution in [3.63, 3.8) is 0 Å². The third-order valence-electron chi connectivity index (χ3n) is 3.58. The number of likely N-dealkylation sites (N-methyl/N-ethyl adjacent to an activating group) is 1. The van der Waals surface area contributed by atoms with Crippen LogP contribution in [0.5, 0.6) is 0 Å². The van der Waals surface area contributed by atoms with Gasteiger partial charge in [-0.2, -0.15) is 0 Å². The predicted molar refractivity (Wildman–Crippen MR) is 72.7 cm³/mol. The van der Waals surface area contributed by atoms with Gasteiger partial charge in [-0.15, -0.1) is 0 Å². The molecule has 2 aromatic rings. The molecule has 0 amide bonds. The standard InChI is InChI=1S/C13H16FN3S/c1-16(10-3-4-10)6-7-17-12-5-2-9(14)8-11(12)15-13(17)18/h2,5,8,10H,3-4,6-7H2,1H3,(H,15,18). The van der Waals surface area contributed by atoms with E-state index in [0.29, 0.717) is 4.77 Å². The first-order valence-corrected chi connectivity index (χ1v) is 6.64. The van der Waals surface area contributed by atoms with Crippen molar-refractivity contribution in [3.8, 4) is 0 Å². The summed E-state index contributed by atoms with van der Waals surface area (Å²) in [5.41, 5.74) is 1.75. The third kappa shape index (κ3) is 2.20. The second-order valence-corrected chi connectivity index (χ2v) is 5.34. The van der Waals surface area contributed by atoms with Crippen LogP contribution >= 0.6 is 12.2 Å². The molecule has 1 aromatic carbocycles. The molecule has 1 aliphatic carbocycles. The Hall–Kier alpha value is -1.20. The predicted octanol–water partition coefficient (Wildman–Crippen LogP) is 2.93. The van der Waals surface area contributed by atoms with Crippen molar-refractivity contribution in [3.05, 3.63) is 28.8 Å². The van der Waals surface area contributed by atoms with Crippen LogP contribution in [0.1, 0.15) is 12.8 Å². The number of H-pyrrole nitrogens is 1. The van der Waals surface area contributed by atoms with Crippen LogP contribution in [0.3, 0.4) is 0 Å². The van der Waals surface area contributed by atoms with E-state index < -0.39 is 0 Å². The second-order valence-electron chi connectivity index (χ2n) is 4.96. The van der Waals surface area contributed by atoms with Crippen LogP contribution in [0, 0.1) is 10.6 Å². The van der Waals surface area contributed by atoms with E-state index in [1.807, 2.05) is 4.57 Å². The number of aromatic amines is 1. The Bertz CT molecular complexity index is 627. The van der Waals surface area contributed by atoms with E-state index in [0.717, 1.165) is 30.2 Å². The van der Waals surface area contributed by atoms with Crippen molar-refractivity contribution in [2.45, 2.75) is 25.4 Å². The molecule has 1 saturated carbocycles. The number of benzene rings is 1. The first-order valence-electron chi connectivity index (χ1n) is 6.23. The molecule has 3 rings (SSSR count). The lowest BCUT2D eigenvalue weighted by molar-refractivity contribution is 0.310. The van der Waals surface area contributed by atoms with Gasteiger partial charge in [-0.25, -0.2) is 4.39 Å². The molecule has 0 saturated heterocycles. The molecular formula is C13H16FN3S. The van der Waals surface area contributed by atoms with Gasteiger partial charge in [0.2, 0.25) is 0 Å². The fourth-order valence-electron chi connectivity index (χ4n) is 2.31. The van der Waals surface area contributed by atoms with E-state index in [9.17, 15) is 4.39 Å². The molecule has 0 atom stereocenters. The molecule has 1 heterocycles. The van der Waals surface area contributed by atoms with E-state index in [4.69, 9.17) is 12.2 Å². The fourth-order valence-corrected chi connectivity index (χ4v) is 2.61. The number of hydrogen-bond acceptors (Lipinski definition) is 2. The zero-order chi connectivity index (χ0) is 12.7. The minimum absolute atomic E-state index is 0.235. The van der Waals surface area contributed by atoms with Crippen LogP contribution in [-0.4, -0.2) is 34.1 Å². The van der Waals surface area contributed by atoms with Gasteiger partial charge >= 0.3 is 0 Å². The van der Waals surface area contributed by atoms with Gasteiger partial charge in [0, 0.05) is 19.1 Å². The molecule has 5 heteroatoms. The molecule has 1 N–H and O–H groups in total. The topological polar surface area (TPSA) is 24.0 Å². The molecule has 18 heavy (non-hydrogen) atoms. The summed E-state index contributed by atoms with van der Waals surface area (Å²) in [6, 6.07) is 5.51. The third-order valence-corrected chi connectivity index (χ3v) is 3.91. The number of aromatic nitrogens is 2. The van der Waals surface area contributed by atoms with Crippen molar-refractivity contribution in [2.24, 2.45) is 0 Å². The number of halogens is 1. The molecule has 3 nitrogen and oxygen atoms in total. The Morgan fingerprint density at radius 3 is 3.00 bits per heavy atom. The van der Waals surface area contributed by atoms with Gasteiger partial charge in [0.25, 0.3) is 0 Å². The van der Waals surface area contributed by atoms with Crippen LogP contribution in [0.15, 0.2) is 18.2 Å². The van der Waals surface area contributed by atoms with Crippen molar-refractivity contribution in [1.29, 1.82) is 0 Å². The van der Waals surface area contributed by atoms with Gasteiger partial charge in [0.1, 0.15) is 5.82 Å². The van der Waals surface area contributed by atoms with Gasteiger partial charge in [0.15, 0.2) is 4.77 Å². The molecule has 1 aliphatic rings. The van der Waals surface area contributed by atoms with Gasteiger partial charge in [0.05, 0.1) is 11.0 Å². The van der Waals surface area contributed by atoms with Crippen LogP contribution in [0.25, 0.3) is 11.0 Å². The van der Waals surface area contributed by atoms with Gasteiger partial charge in [-0.1, -0.05) is 0 Å². The molecule has 0 radical (unpaired) electrons. The number of imidazole rings is 1. The van der Waals surface area contributed by atoms with E-state index in [1.165, 1.54) is 25.0 Å². The first kappa shape index (κ1) is 11.9. The van der Waals surface area contributed by atoms with Gasteiger partial charge in [-0.05, 0) is 50.3 Å². The summed E-state index contributed by atoms with van der Waals surface area (Å²) in [7, 11) is 2.15. The van der Waals surface area contributed by atoms with Crippen molar-refractivity contribution >= 4 is 23.3 Å². The van der Waals surface area contributed by atoms with Crippen molar-refractivity contribution in [2.75, 3.05) is 13.6 Å². The Labute approximate surface area is 110 Å². The van der Waals surface area contributed by atoms with Crippen LogP contribution in [-0.2, 0) is 6.54 Å². The molecule has 96 valence electrons. The number of fused-ring (bicyclic) bond motifs is 1. The summed E-state index contributed by atoms with van der Waals surface area (Å²) in [5, 5.41) is 0. The summed E-state index contributed by atoms with van der Waals surface area (Å²) in [6.45, 7) is 1.82. The minimum Gasteiger partial charge on any atom is -0.330 e. The maximum absolute atomic E-state index is 13.1. The highest BCUT2D eigenvalue weighted by atomic mass is 32.1. The Morgan fingerprint density at radius 1 is 1.50 bits per heavy atom. The molecule has 0 bridgehead atoms. The van der Waals surface area contributed by atoms with Crippen molar-refractivity contribution < 1.29 is 4.39 Å². The highest BCUT2D eigenvalue weighted by molar-refractivity contribution is 7.71. The van der Waals surface area contributed by atoms with Gasteiger partial charge in [-0.3, -0.25) is 0 Å². The zero-order valence-electron chi connectivity index (χ0n) is 10.3. The summed E-state index contributed by atoms with van der Waals surface area (Å²) in [5.74, 6) is -0.235. The monoisotopic (exact) mass is 265 g/mol.